The van der Waals surface area contributed by atoms with Crippen LogP contribution < -0.4 is 10.6 Å². The number of benzene rings is 1. The van der Waals surface area contributed by atoms with Crippen LogP contribution in [0.25, 0.3) is 0 Å². The fourth-order valence-electron chi connectivity index (χ4n) is 3.07. The van der Waals surface area contributed by atoms with Crippen molar-refractivity contribution in [3.8, 4) is 0 Å². The zero-order valence-corrected chi connectivity index (χ0v) is 12.6. The number of nitrogens with one attached hydrogen (secondary N) is 2. The van der Waals surface area contributed by atoms with Gasteiger partial charge in [-0.25, -0.2) is 4.79 Å². The number of carbonyl (C=O) groups excluding carboxylic acids is 1. The van der Waals surface area contributed by atoms with Crippen LogP contribution >= 0.6 is 0 Å². The minimum absolute atomic E-state index is 0.0839. The van der Waals surface area contributed by atoms with Gasteiger partial charge in [0.2, 0.25) is 0 Å². The van der Waals surface area contributed by atoms with Gasteiger partial charge in [0.1, 0.15) is 0 Å². The molecule has 1 atom stereocenters. The average Bonchev–Trinajstić information content (AvgIpc) is 2.54. The van der Waals surface area contributed by atoms with Gasteiger partial charge in [0, 0.05) is 13.2 Å². The lowest BCUT2D eigenvalue weighted by molar-refractivity contribution is 0.220. The van der Waals surface area contributed by atoms with E-state index in [-0.39, 0.29) is 18.7 Å². The van der Waals surface area contributed by atoms with E-state index in [1.54, 1.807) is 0 Å². The van der Waals surface area contributed by atoms with Crippen molar-refractivity contribution in [2.24, 2.45) is 5.92 Å². The molecule has 1 unspecified atom stereocenters. The molecule has 116 valence electrons. The van der Waals surface area contributed by atoms with Crippen LogP contribution in [0, 0.1) is 5.92 Å². The van der Waals surface area contributed by atoms with Crippen molar-refractivity contribution in [1.29, 1.82) is 0 Å². The number of aliphatic hydroxyl groups excluding tert-OH is 1. The number of rotatable bonds is 6. The molecule has 0 bridgehead atoms. The first kappa shape index (κ1) is 15.8. The monoisotopic (exact) mass is 290 g/mol. The molecule has 0 heterocycles. The van der Waals surface area contributed by atoms with E-state index < -0.39 is 0 Å². The minimum atomic E-state index is -0.136. The van der Waals surface area contributed by atoms with Crippen LogP contribution in [-0.2, 0) is 0 Å². The normalized spacial score (nSPS) is 17.2. The summed E-state index contributed by atoms with van der Waals surface area (Å²) in [6, 6.07) is 10.2. The third-order valence-corrected chi connectivity index (χ3v) is 4.19. The highest BCUT2D eigenvalue weighted by molar-refractivity contribution is 5.74. The van der Waals surface area contributed by atoms with Crippen LogP contribution in [0.15, 0.2) is 30.3 Å². The Kier molecular flexibility index (Phi) is 6.54. The molecule has 1 aliphatic rings. The van der Waals surface area contributed by atoms with Gasteiger partial charge in [-0.1, -0.05) is 49.6 Å². The van der Waals surface area contributed by atoms with Crippen LogP contribution in [0.5, 0.6) is 0 Å². The summed E-state index contributed by atoms with van der Waals surface area (Å²) in [4.78, 5) is 12.0. The van der Waals surface area contributed by atoms with Gasteiger partial charge in [-0.3, -0.25) is 0 Å². The van der Waals surface area contributed by atoms with Gasteiger partial charge >= 0.3 is 6.03 Å². The Hall–Kier alpha value is -1.55. The van der Waals surface area contributed by atoms with Gasteiger partial charge in [-0.15, -0.1) is 0 Å². The van der Waals surface area contributed by atoms with E-state index in [1.165, 1.54) is 37.7 Å². The maximum atomic E-state index is 12.0. The molecule has 0 saturated heterocycles. The van der Waals surface area contributed by atoms with E-state index >= 15 is 0 Å². The summed E-state index contributed by atoms with van der Waals surface area (Å²) < 4.78 is 0. The molecule has 21 heavy (non-hydrogen) atoms. The maximum absolute atomic E-state index is 12.0. The van der Waals surface area contributed by atoms with Crippen LogP contribution in [0.2, 0.25) is 0 Å². The third kappa shape index (κ3) is 5.05. The predicted octanol–water partition coefficient (Wildman–Crippen LogP) is 2.99. The molecule has 2 amide bonds. The van der Waals surface area contributed by atoms with Crippen LogP contribution in [0.1, 0.15) is 50.1 Å². The number of aliphatic hydroxyl groups is 1. The van der Waals surface area contributed by atoms with Gasteiger partial charge < -0.3 is 15.7 Å². The lowest BCUT2D eigenvalue weighted by atomic mass is 9.81. The molecule has 1 aliphatic carbocycles. The van der Waals surface area contributed by atoms with Gasteiger partial charge in [-0.2, -0.15) is 0 Å². The Morgan fingerprint density at radius 2 is 1.90 bits per heavy atom. The van der Waals surface area contributed by atoms with Crippen molar-refractivity contribution >= 4 is 6.03 Å². The summed E-state index contributed by atoms with van der Waals surface area (Å²) in [5.41, 5.74) is 1.18. The second-order valence-electron chi connectivity index (χ2n) is 5.76. The fourth-order valence-corrected chi connectivity index (χ4v) is 3.07. The lowest BCUT2D eigenvalue weighted by Crippen LogP contribution is -2.41. The molecule has 0 spiro atoms. The largest absolute Gasteiger partial charge is 0.396 e. The molecule has 2 rings (SSSR count). The van der Waals surface area contributed by atoms with E-state index in [9.17, 15) is 4.79 Å². The standard InChI is InChI=1S/C17H26N2O2/c20-13-7-12-18-17(21)19-16(14-8-3-1-4-9-14)15-10-5-2-6-11-15/h1,3-4,8-9,15-16,20H,2,5-7,10-13H2,(H2,18,19,21). The van der Waals surface area contributed by atoms with Crippen LogP contribution in [-0.4, -0.2) is 24.3 Å². The summed E-state index contributed by atoms with van der Waals surface area (Å²) in [7, 11) is 0. The van der Waals surface area contributed by atoms with Gasteiger partial charge in [-0.05, 0) is 30.7 Å². The highest BCUT2D eigenvalue weighted by Gasteiger charge is 2.26. The zero-order valence-electron chi connectivity index (χ0n) is 12.6. The number of carbonyl (C=O) groups is 1. The molecule has 1 aromatic rings. The summed E-state index contributed by atoms with van der Waals surface area (Å²) in [6.07, 6.45) is 6.75. The molecule has 3 N–H and O–H groups in total. The Bertz CT molecular complexity index is 416. The van der Waals surface area contributed by atoms with Crippen molar-refractivity contribution in [3.63, 3.8) is 0 Å². The van der Waals surface area contributed by atoms with Crippen molar-refractivity contribution in [1.82, 2.24) is 10.6 Å². The van der Waals surface area contributed by atoms with Crippen LogP contribution in [0.3, 0.4) is 0 Å². The second kappa shape index (κ2) is 8.67. The first-order chi connectivity index (χ1) is 10.3. The van der Waals surface area contributed by atoms with Gasteiger partial charge in [0.05, 0.1) is 6.04 Å². The summed E-state index contributed by atoms with van der Waals surface area (Å²) >= 11 is 0. The van der Waals surface area contributed by atoms with E-state index in [4.69, 9.17) is 5.11 Å². The van der Waals surface area contributed by atoms with E-state index in [1.807, 2.05) is 18.2 Å². The van der Waals surface area contributed by atoms with Crippen molar-refractivity contribution in [3.05, 3.63) is 35.9 Å². The smallest absolute Gasteiger partial charge is 0.315 e. The zero-order chi connectivity index (χ0) is 14.9. The Labute approximate surface area is 126 Å². The molecule has 4 heteroatoms. The number of hydrogen-bond acceptors (Lipinski definition) is 2. The van der Waals surface area contributed by atoms with Gasteiger partial charge in [0.25, 0.3) is 0 Å². The molecule has 1 aromatic carbocycles. The second-order valence-corrected chi connectivity index (χ2v) is 5.76. The van der Waals surface area contributed by atoms with Gasteiger partial charge in [0.15, 0.2) is 0 Å². The molecule has 1 fully saturated rings. The predicted molar refractivity (Wildman–Crippen MR) is 84.0 cm³/mol. The number of urea groups is 1. The van der Waals surface area contributed by atoms with E-state index in [0.717, 1.165) is 0 Å². The number of hydrogen-bond donors (Lipinski definition) is 3. The molecular weight excluding hydrogens is 264 g/mol. The molecular formula is C17H26N2O2. The first-order valence-electron chi connectivity index (χ1n) is 8.01. The molecule has 1 saturated carbocycles. The molecule has 0 radical (unpaired) electrons. The summed E-state index contributed by atoms with van der Waals surface area (Å²) in [5, 5.41) is 14.7. The highest BCUT2D eigenvalue weighted by Crippen LogP contribution is 2.34. The maximum Gasteiger partial charge on any atom is 0.315 e. The highest BCUT2D eigenvalue weighted by atomic mass is 16.3. The Morgan fingerprint density at radius 3 is 2.57 bits per heavy atom. The molecule has 4 nitrogen and oxygen atoms in total. The van der Waals surface area contributed by atoms with Crippen molar-refractivity contribution < 1.29 is 9.90 Å². The SMILES string of the molecule is O=C(NCCCO)NC(c1ccccc1)C1CCCCC1. The Balaban J connectivity index is 1.99. The van der Waals surface area contributed by atoms with Crippen molar-refractivity contribution in [2.75, 3.05) is 13.2 Å². The quantitative estimate of drug-likeness (QED) is 0.705. The number of amides is 2. The molecule has 0 aromatic heterocycles. The van der Waals surface area contributed by atoms with E-state index in [0.29, 0.717) is 18.9 Å². The fraction of sp³-hybridized carbons (Fsp3) is 0.588. The minimum Gasteiger partial charge on any atom is -0.396 e. The molecule has 0 aliphatic heterocycles. The Morgan fingerprint density at radius 1 is 1.19 bits per heavy atom. The summed E-state index contributed by atoms with van der Waals surface area (Å²) in [5.74, 6) is 0.518. The average molecular weight is 290 g/mol. The topological polar surface area (TPSA) is 61.4 Å². The third-order valence-electron chi connectivity index (χ3n) is 4.19. The first-order valence-corrected chi connectivity index (χ1v) is 8.01. The van der Waals surface area contributed by atoms with Crippen LogP contribution in [0.4, 0.5) is 4.79 Å². The summed E-state index contributed by atoms with van der Waals surface area (Å²) in [6.45, 7) is 0.611. The lowest BCUT2D eigenvalue weighted by Gasteiger charge is -2.31. The van der Waals surface area contributed by atoms with E-state index in [2.05, 4.69) is 22.8 Å². The van der Waals surface area contributed by atoms with Crippen molar-refractivity contribution in [2.45, 2.75) is 44.6 Å².